The molecule has 1 aromatic rings. The number of rotatable bonds is 5. The summed E-state index contributed by atoms with van der Waals surface area (Å²) in [5, 5.41) is 9.67. The molecule has 0 fully saturated rings. The largest absolute Gasteiger partial charge is 0.504 e. The molecule has 0 saturated carbocycles. The third kappa shape index (κ3) is 3.33. The maximum Gasteiger partial charge on any atom is 0.329 e. The Morgan fingerprint density at radius 2 is 2.09 bits per heavy atom. The topological polar surface area (TPSA) is 89.9 Å². The van der Waals surface area contributed by atoms with Crippen molar-refractivity contribution in [2.24, 2.45) is 5.92 Å². The molecule has 116 valence electrons. The molecule has 0 spiro atoms. The summed E-state index contributed by atoms with van der Waals surface area (Å²) in [5.74, 6) is -2.74. The van der Waals surface area contributed by atoms with Crippen molar-refractivity contribution in [3.63, 3.8) is 0 Å². The highest BCUT2D eigenvalue weighted by atomic mass is 16.5. The lowest BCUT2D eigenvalue weighted by Gasteiger charge is -2.17. The molecule has 22 heavy (non-hydrogen) atoms. The Kier molecular flexibility index (Phi) is 4.60. The Labute approximate surface area is 127 Å². The molecular formula is C16H16O6. The first kappa shape index (κ1) is 15.8. The van der Waals surface area contributed by atoms with Crippen molar-refractivity contribution in [2.45, 2.75) is 19.8 Å². The van der Waals surface area contributed by atoms with Crippen molar-refractivity contribution < 1.29 is 29.0 Å². The van der Waals surface area contributed by atoms with Gasteiger partial charge in [-0.05, 0) is 31.0 Å². The molecule has 1 atom stereocenters. The Morgan fingerprint density at radius 1 is 1.36 bits per heavy atom. The van der Waals surface area contributed by atoms with Gasteiger partial charge in [-0.15, -0.1) is 0 Å². The number of carbonyl (C=O) groups excluding carboxylic acids is 3. The minimum absolute atomic E-state index is 0.00413. The zero-order chi connectivity index (χ0) is 16.3. The molecule has 6 heteroatoms. The summed E-state index contributed by atoms with van der Waals surface area (Å²) in [5.41, 5.74) is 0.704. The van der Waals surface area contributed by atoms with Gasteiger partial charge in [0.15, 0.2) is 29.0 Å². The Balaban J connectivity index is 2.02. The van der Waals surface area contributed by atoms with Crippen LogP contribution in [-0.4, -0.2) is 29.8 Å². The lowest BCUT2D eigenvalue weighted by atomic mass is 9.92. The van der Waals surface area contributed by atoms with Gasteiger partial charge < -0.3 is 14.6 Å². The molecule has 1 heterocycles. The second-order valence-corrected chi connectivity index (χ2v) is 4.98. The molecule has 1 N–H and O–H groups in total. The van der Waals surface area contributed by atoms with Crippen LogP contribution in [0, 0.1) is 5.92 Å². The van der Waals surface area contributed by atoms with Crippen LogP contribution in [0.3, 0.4) is 0 Å². The Bertz CT molecular complexity index is 659. The monoisotopic (exact) mass is 304 g/mol. The molecule has 0 radical (unpaired) electrons. The highest BCUT2D eigenvalue weighted by Gasteiger charge is 2.36. The normalized spacial score (nSPS) is 17.7. The van der Waals surface area contributed by atoms with Gasteiger partial charge in [0.25, 0.3) is 0 Å². The predicted octanol–water partition coefficient (Wildman–Crippen LogP) is 1.55. The fraction of sp³-hybridized carbons (Fsp3) is 0.312. The highest BCUT2D eigenvalue weighted by Crippen LogP contribution is 2.27. The number of phenols is 1. The van der Waals surface area contributed by atoms with E-state index in [1.807, 2.05) is 0 Å². The van der Waals surface area contributed by atoms with Crippen LogP contribution in [0.5, 0.6) is 11.5 Å². The number of phenolic OH excluding ortho intramolecular Hbond substituents is 1. The number of benzene rings is 1. The van der Waals surface area contributed by atoms with Crippen LogP contribution < -0.4 is 4.74 Å². The summed E-state index contributed by atoms with van der Waals surface area (Å²) in [6.07, 6.45) is 1.46. The fourth-order valence-electron chi connectivity index (χ4n) is 2.24. The molecule has 1 aromatic carbocycles. The number of cyclic esters (lactones) is 1. The van der Waals surface area contributed by atoms with Crippen molar-refractivity contribution in [1.82, 2.24) is 0 Å². The van der Waals surface area contributed by atoms with Gasteiger partial charge >= 0.3 is 5.97 Å². The van der Waals surface area contributed by atoms with E-state index in [2.05, 4.69) is 0 Å². The van der Waals surface area contributed by atoms with E-state index in [0.29, 0.717) is 17.7 Å². The summed E-state index contributed by atoms with van der Waals surface area (Å²) in [6.45, 7) is 1.48. The molecule has 0 bridgehead atoms. The number of esters is 1. The van der Waals surface area contributed by atoms with Crippen LogP contribution in [0.25, 0.3) is 0 Å². The standard InChI is InChI=1S/C16H16O6/c1-9-7-13(19)15(16(20)22-9)11(17)5-3-10-4-6-14(21-2)12(18)8-10/h4,6-8,15,18H,3,5H2,1-2H3. The molecular weight excluding hydrogens is 288 g/mol. The lowest BCUT2D eigenvalue weighted by Crippen LogP contribution is -2.35. The number of methoxy groups -OCH3 is 1. The van der Waals surface area contributed by atoms with Crippen LogP contribution >= 0.6 is 0 Å². The first-order chi connectivity index (χ1) is 10.4. The third-order valence-corrected chi connectivity index (χ3v) is 3.35. The Hall–Kier alpha value is -2.63. The minimum atomic E-state index is -1.38. The van der Waals surface area contributed by atoms with Crippen LogP contribution in [0.2, 0.25) is 0 Å². The van der Waals surface area contributed by atoms with Gasteiger partial charge in [-0.25, -0.2) is 0 Å². The number of aromatic hydroxyl groups is 1. The van der Waals surface area contributed by atoms with E-state index >= 15 is 0 Å². The molecule has 6 nitrogen and oxygen atoms in total. The van der Waals surface area contributed by atoms with Crippen molar-refractivity contribution in [1.29, 1.82) is 0 Å². The number of ketones is 2. The Morgan fingerprint density at radius 3 is 2.68 bits per heavy atom. The van der Waals surface area contributed by atoms with Crippen molar-refractivity contribution in [3.8, 4) is 11.5 Å². The van der Waals surface area contributed by atoms with Crippen LogP contribution in [-0.2, 0) is 25.5 Å². The van der Waals surface area contributed by atoms with Crippen molar-refractivity contribution >= 4 is 17.5 Å². The van der Waals surface area contributed by atoms with E-state index in [0.717, 1.165) is 6.08 Å². The highest BCUT2D eigenvalue weighted by molar-refractivity contribution is 6.22. The van der Waals surface area contributed by atoms with Gasteiger partial charge in [0.05, 0.1) is 7.11 Å². The summed E-state index contributed by atoms with van der Waals surface area (Å²) in [4.78, 5) is 35.5. The summed E-state index contributed by atoms with van der Waals surface area (Å²) < 4.78 is 9.75. The molecule has 0 saturated heterocycles. The molecule has 0 aliphatic carbocycles. The molecule has 1 unspecified atom stereocenters. The molecule has 0 amide bonds. The van der Waals surface area contributed by atoms with Crippen molar-refractivity contribution in [2.75, 3.05) is 7.11 Å². The van der Waals surface area contributed by atoms with E-state index in [1.54, 1.807) is 12.1 Å². The number of carbonyl (C=O) groups is 3. The first-order valence-corrected chi connectivity index (χ1v) is 6.75. The van der Waals surface area contributed by atoms with Crippen LogP contribution in [0.15, 0.2) is 30.0 Å². The number of hydrogen-bond acceptors (Lipinski definition) is 6. The number of Topliss-reactive ketones (excluding diaryl/α,β-unsaturated/α-hetero) is 1. The average molecular weight is 304 g/mol. The average Bonchev–Trinajstić information content (AvgIpc) is 2.44. The van der Waals surface area contributed by atoms with Crippen LogP contribution in [0.4, 0.5) is 0 Å². The zero-order valence-corrected chi connectivity index (χ0v) is 12.3. The maximum absolute atomic E-state index is 12.1. The second-order valence-electron chi connectivity index (χ2n) is 4.98. The second kappa shape index (κ2) is 6.43. The van der Waals surface area contributed by atoms with Gasteiger partial charge in [0.2, 0.25) is 0 Å². The summed E-state index contributed by atoms with van der Waals surface area (Å²) in [6, 6.07) is 4.77. The molecule has 1 aliphatic heterocycles. The van der Waals surface area contributed by atoms with Gasteiger partial charge in [-0.1, -0.05) is 6.07 Å². The summed E-state index contributed by atoms with van der Waals surface area (Å²) >= 11 is 0. The number of allylic oxidation sites excluding steroid dienone is 2. The number of ether oxygens (including phenoxy) is 2. The van der Waals surface area contributed by atoms with Gasteiger partial charge in [0.1, 0.15) is 5.76 Å². The van der Waals surface area contributed by atoms with Crippen LogP contribution in [0.1, 0.15) is 18.9 Å². The first-order valence-electron chi connectivity index (χ1n) is 6.75. The van der Waals surface area contributed by atoms with Gasteiger partial charge in [0, 0.05) is 12.5 Å². The van der Waals surface area contributed by atoms with E-state index in [9.17, 15) is 19.5 Å². The molecule has 2 rings (SSSR count). The number of hydrogen-bond donors (Lipinski definition) is 1. The maximum atomic E-state index is 12.1. The SMILES string of the molecule is COc1ccc(CCC(=O)C2C(=O)C=C(C)OC2=O)cc1O. The number of aryl methyl sites for hydroxylation is 1. The van der Waals surface area contributed by atoms with E-state index in [4.69, 9.17) is 9.47 Å². The third-order valence-electron chi connectivity index (χ3n) is 3.35. The fourth-order valence-corrected chi connectivity index (χ4v) is 2.24. The van der Waals surface area contributed by atoms with Crippen molar-refractivity contribution in [3.05, 3.63) is 35.6 Å². The smallest absolute Gasteiger partial charge is 0.329 e. The summed E-state index contributed by atoms with van der Waals surface area (Å²) in [7, 11) is 1.44. The molecule has 1 aliphatic rings. The molecule has 0 aromatic heterocycles. The lowest BCUT2D eigenvalue weighted by molar-refractivity contribution is -0.152. The zero-order valence-electron chi connectivity index (χ0n) is 12.3. The minimum Gasteiger partial charge on any atom is -0.504 e. The van der Waals surface area contributed by atoms with Gasteiger partial charge in [-0.2, -0.15) is 0 Å². The van der Waals surface area contributed by atoms with Gasteiger partial charge in [-0.3, -0.25) is 14.4 Å². The van der Waals surface area contributed by atoms with E-state index in [1.165, 1.54) is 20.1 Å². The van der Waals surface area contributed by atoms with E-state index in [-0.39, 0.29) is 17.9 Å². The predicted molar refractivity (Wildman–Crippen MR) is 76.3 cm³/mol. The van der Waals surface area contributed by atoms with E-state index < -0.39 is 23.5 Å². The quantitative estimate of drug-likeness (QED) is 0.655.